The van der Waals surface area contributed by atoms with E-state index in [1.807, 2.05) is 32.0 Å². The summed E-state index contributed by atoms with van der Waals surface area (Å²) in [5, 5.41) is 2.70. The van der Waals surface area contributed by atoms with E-state index in [2.05, 4.69) is 15.3 Å². The highest BCUT2D eigenvalue weighted by molar-refractivity contribution is 5.80. The molecule has 0 saturated heterocycles. The van der Waals surface area contributed by atoms with Gasteiger partial charge >= 0.3 is 0 Å². The molecule has 0 aliphatic heterocycles. The summed E-state index contributed by atoms with van der Waals surface area (Å²) in [5.41, 5.74) is 2.29. The number of nitrogens with one attached hydrogen (secondary N) is 2. The van der Waals surface area contributed by atoms with E-state index in [0.717, 1.165) is 11.1 Å². The molecule has 22 heavy (non-hydrogen) atoms. The number of amides is 1. The Bertz CT molecular complexity index is 725. The van der Waals surface area contributed by atoms with Crippen LogP contribution in [0.15, 0.2) is 35.4 Å². The number of carbonyl (C=O) groups is 1. The minimum Gasteiger partial charge on any atom is -0.481 e. The molecule has 6 nitrogen and oxygen atoms in total. The Morgan fingerprint density at radius 1 is 1.36 bits per heavy atom. The van der Waals surface area contributed by atoms with Crippen molar-refractivity contribution in [1.82, 2.24) is 15.3 Å². The number of rotatable bonds is 5. The van der Waals surface area contributed by atoms with Crippen molar-refractivity contribution in [3.8, 4) is 5.75 Å². The zero-order valence-corrected chi connectivity index (χ0v) is 12.8. The van der Waals surface area contributed by atoms with Crippen molar-refractivity contribution in [2.24, 2.45) is 0 Å². The van der Waals surface area contributed by atoms with E-state index in [1.54, 1.807) is 6.92 Å². The second-order valence-electron chi connectivity index (χ2n) is 5.15. The zero-order valence-electron chi connectivity index (χ0n) is 12.8. The minimum atomic E-state index is -0.637. The average Bonchev–Trinajstić information content (AvgIpc) is 2.48. The summed E-state index contributed by atoms with van der Waals surface area (Å²) in [6, 6.07) is 7.19. The maximum absolute atomic E-state index is 12.1. The fraction of sp³-hybridized carbons (Fsp3) is 0.312. The van der Waals surface area contributed by atoms with Crippen LogP contribution in [0.5, 0.6) is 5.75 Å². The third kappa shape index (κ3) is 4.18. The van der Waals surface area contributed by atoms with Crippen LogP contribution in [-0.4, -0.2) is 22.0 Å². The second kappa shape index (κ2) is 6.89. The molecule has 0 saturated carbocycles. The Kier molecular flexibility index (Phi) is 4.93. The van der Waals surface area contributed by atoms with Crippen molar-refractivity contribution in [3.63, 3.8) is 0 Å². The highest BCUT2D eigenvalue weighted by Gasteiger charge is 2.15. The van der Waals surface area contributed by atoms with E-state index in [0.29, 0.717) is 11.4 Å². The molecule has 2 aromatic rings. The van der Waals surface area contributed by atoms with Crippen molar-refractivity contribution in [3.05, 3.63) is 57.8 Å². The quantitative estimate of drug-likeness (QED) is 0.876. The highest BCUT2D eigenvalue weighted by atomic mass is 16.5. The SMILES string of the molecule is Cc1ccc(C)c(O[C@H](C)C(=O)NCc2cc(=O)[nH]cn2)c1. The molecule has 0 bridgehead atoms. The van der Waals surface area contributed by atoms with E-state index in [-0.39, 0.29) is 18.0 Å². The van der Waals surface area contributed by atoms with Crippen LogP contribution in [-0.2, 0) is 11.3 Å². The van der Waals surface area contributed by atoms with Gasteiger partial charge < -0.3 is 15.0 Å². The summed E-state index contributed by atoms with van der Waals surface area (Å²) >= 11 is 0. The Balaban J connectivity index is 1.94. The molecule has 116 valence electrons. The summed E-state index contributed by atoms with van der Waals surface area (Å²) in [4.78, 5) is 29.6. The first-order chi connectivity index (χ1) is 10.5. The lowest BCUT2D eigenvalue weighted by atomic mass is 10.1. The lowest BCUT2D eigenvalue weighted by Gasteiger charge is -2.16. The standard InChI is InChI=1S/C16H19N3O3/c1-10-4-5-11(2)14(6-10)22-12(3)16(21)17-8-13-7-15(20)19-9-18-13/h4-7,9,12H,8H2,1-3H3,(H,17,21)(H,18,19,20)/t12-/m1/s1. The number of nitrogens with zero attached hydrogens (tertiary/aromatic N) is 1. The first kappa shape index (κ1) is 15.8. The van der Waals surface area contributed by atoms with Crippen molar-refractivity contribution in [2.75, 3.05) is 0 Å². The molecule has 0 spiro atoms. The van der Waals surface area contributed by atoms with Crippen LogP contribution < -0.4 is 15.6 Å². The highest BCUT2D eigenvalue weighted by Crippen LogP contribution is 2.20. The molecule has 0 aliphatic rings. The van der Waals surface area contributed by atoms with Gasteiger partial charge in [0.1, 0.15) is 5.75 Å². The maximum atomic E-state index is 12.1. The van der Waals surface area contributed by atoms with Crippen molar-refractivity contribution in [2.45, 2.75) is 33.4 Å². The second-order valence-corrected chi connectivity index (χ2v) is 5.15. The van der Waals surface area contributed by atoms with Gasteiger partial charge in [-0.15, -0.1) is 0 Å². The smallest absolute Gasteiger partial charge is 0.261 e. The molecule has 0 aliphatic carbocycles. The number of carbonyl (C=O) groups excluding carboxylic acids is 1. The third-order valence-corrected chi connectivity index (χ3v) is 3.20. The molecule has 1 atom stereocenters. The third-order valence-electron chi connectivity index (χ3n) is 3.20. The van der Waals surface area contributed by atoms with Crippen molar-refractivity contribution >= 4 is 5.91 Å². The average molecular weight is 301 g/mol. The molecule has 1 aromatic heterocycles. The fourth-order valence-corrected chi connectivity index (χ4v) is 1.91. The van der Waals surface area contributed by atoms with Crippen molar-refractivity contribution in [1.29, 1.82) is 0 Å². The maximum Gasteiger partial charge on any atom is 0.261 e. The zero-order chi connectivity index (χ0) is 16.1. The van der Waals surface area contributed by atoms with Crippen molar-refractivity contribution < 1.29 is 9.53 Å². The van der Waals surface area contributed by atoms with Gasteiger partial charge in [-0.05, 0) is 38.0 Å². The Morgan fingerprint density at radius 3 is 2.86 bits per heavy atom. The molecule has 6 heteroatoms. The van der Waals surface area contributed by atoms with E-state index < -0.39 is 6.10 Å². The molecule has 0 unspecified atom stereocenters. The van der Waals surface area contributed by atoms with Gasteiger partial charge in [-0.25, -0.2) is 4.98 Å². The van der Waals surface area contributed by atoms with Gasteiger partial charge in [0.05, 0.1) is 18.6 Å². The van der Waals surface area contributed by atoms with Crippen LogP contribution in [0, 0.1) is 13.8 Å². The van der Waals surface area contributed by atoms with E-state index in [1.165, 1.54) is 12.4 Å². The Hall–Kier alpha value is -2.63. The summed E-state index contributed by atoms with van der Waals surface area (Å²) in [6.45, 7) is 5.76. The number of aromatic amines is 1. The number of ether oxygens (including phenoxy) is 1. The summed E-state index contributed by atoms with van der Waals surface area (Å²) in [7, 11) is 0. The molecule has 1 amide bonds. The van der Waals surface area contributed by atoms with Crippen LogP contribution in [0.25, 0.3) is 0 Å². The summed E-state index contributed by atoms with van der Waals surface area (Å²) in [5.74, 6) is 0.430. The number of H-pyrrole nitrogens is 1. The Morgan fingerprint density at radius 2 is 2.14 bits per heavy atom. The van der Waals surface area contributed by atoms with Gasteiger partial charge in [0.25, 0.3) is 11.5 Å². The van der Waals surface area contributed by atoms with Gasteiger partial charge in [0.2, 0.25) is 0 Å². The molecule has 0 fully saturated rings. The predicted octanol–water partition coefficient (Wildman–Crippen LogP) is 1.47. The molecule has 2 rings (SSSR count). The van der Waals surface area contributed by atoms with Gasteiger partial charge in [-0.3, -0.25) is 9.59 Å². The van der Waals surface area contributed by atoms with Crippen LogP contribution in [0.1, 0.15) is 23.7 Å². The molecule has 2 N–H and O–H groups in total. The number of benzene rings is 1. The largest absolute Gasteiger partial charge is 0.481 e. The predicted molar refractivity (Wildman–Crippen MR) is 82.7 cm³/mol. The van der Waals surface area contributed by atoms with Crippen LogP contribution >= 0.6 is 0 Å². The van der Waals surface area contributed by atoms with Crippen LogP contribution in [0.2, 0.25) is 0 Å². The van der Waals surface area contributed by atoms with Gasteiger partial charge in [0, 0.05) is 6.07 Å². The van der Waals surface area contributed by atoms with E-state index >= 15 is 0 Å². The molecule has 0 radical (unpaired) electrons. The van der Waals surface area contributed by atoms with E-state index in [4.69, 9.17) is 4.74 Å². The Labute approximate surface area is 128 Å². The topological polar surface area (TPSA) is 84.1 Å². The lowest BCUT2D eigenvalue weighted by molar-refractivity contribution is -0.127. The number of hydrogen-bond acceptors (Lipinski definition) is 4. The molecule has 1 heterocycles. The molecular weight excluding hydrogens is 282 g/mol. The summed E-state index contributed by atoms with van der Waals surface area (Å²) < 4.78 is 5.70. The number of aromatic nitrogens is 2. The first-order valence-corrected chi connectivity index (χ1v) is 7.01. The molecule has 1 aromatic carbocycles. The van der Waals surface area contributed by atoms with Gasteiger partial charge in [-0.2, -0.15) is 0 Å². The van der Waals surface area contributed by atoms with Gasteiger partial charge in [-0.1, -0.05) is 12.1 Å². The monoisotopic (exact) mass is 301 g/mol. The van der Waals surface area contributed by atoms with Crippen LogP contribution in [0.4, 0.5) is 0 Å². The number of aryl methyl sites for hydroxylation is 2. The lowest BCUT2D eigenvalue weighted by Crippen LogP contribution is -2.36. The first-order valence-electron chi connectivity index (χ1n) is 7.01. The minimum absolute atomic E-state index is 0.184. The molecular formula is C16H19N3O3. The van der Waals surface area contributed by atoms with Crippen LogP contribution in [0.3, 0.4) is 0 Å². The number of hydrogen-bond donors (Lipinski definition) is 2. The summed E-state index contributed by atoms with van der Waals surface area (Å²) in [6.07, 6.45) is 0.669. The normalized spacial score (nSPS) is 11.8. The fourth-order valence-electron chi connectivity index (χ4n) is 1.91. The van der Waals surface area contributed by atoms with Gasteiger partial charge in [0.15, 0.2) is 6.10 Å². The van der Waals surface area contributed by atoms with E-state index in [9.17, 15) is 9.59 Å².